The molecule has 0 saturated carbocycles. The number of nitrogens with one attached hydrogen (secondary N) is 1. The number of hydrazine groups is 1. The van der Waals surface area contributed by atoms with Crippen molar-refractivity contribution in [2.45, 2.75) is 39.2 Å². The molecule has 6 heteroatoms. The number of aromatic nitrogens is 2. The van der Waals surface area contributed by atoms with E-state index in [1.807, 2.05) is 31.1 Å². The Labute approximate surface area is 169 Å². The molecule has 0 aromatic carbocycles. The number of fused-ring (bicyclic) bond motifs is 1. The Hall–Kier alpha value is -2.57. The van der Waals surface area contributed by atoms with Crippen LogP contribution in [0.1, 0.15) is 34.5 Å². The van der Waals surface area contributed by atoms with Gasteiger partial charge in [0.2, 0.25) is 0 Å². The van der Waals surface area contributed by atoms with Crippen LogP contribution in [0.4, 0.5) is 11.4 Å². The second kappa shape index (κ2) is 9.57. The molecule has 1 atom stereocenters. The highest BCUT2D eigenvalue weighted by Gasteiger charge is 2.26. The van der Waals surface area contributed by atoms with E-state index < -0.39 is 0 Å². The topological polar surface area (TPSA) is 87.2 Å². The molecule has 3 heterocycles. The van der Waals surface area contributed by atoms with E-state index in [-0.39, 0.29) is 7.47 Å². The standard InChI is InChI=1S/C20H26N6.C2H6.H2/c21-18-12-24-20-17(9-10-23-20)19(18)26(22)16-8-5-11-25(14-16)13-15-6-3-1-2-4-7-15;1-2;/h1,3-4,6-7,9-10,12,16H,2,5,8,11,13-14,21-22H2,(H,23,24);1-2H3;1H/t16-;;/m1../s1. The van der Waals surface area contributed by atoms with Crippen LogP contribution >= 0.6 is 0 Å². The van der Waals surface area contributed by atoms with Crippen molar-refractivity contribution in [3.8, 4) is 0 Å². The smallest absolute Gasteiger partial charge is 0.139 e. The number of pyridine rings is 1. The highest BCUT2D eigenvalue weighted by molar-refractivity contribution is 5.96. The normalized spacial score (nSPS) is 19.7. The number of hydrogen-bond donors (Lipinski definition) is 3. The number of aromatic amines is 1. The molecule has 2 aromatic rings. The fraction of sp³-hybridized carbons (Fsp3) is 0.409. The van der Waals surface area contributed by atoms with Gasteiger partial charge in [-0.2, -0.15) is 0 Å². The van der Waals surface area contributed by atoms with E-state index >= 15 is 0 Å². The van der Waals surface area contributed by atoms with Gasteiger partial charge in [-0.1, -0.05) is 44.2 Å². The van der Waals surface area contributed by atoms with Crippen molar-refractivity contribution in [3.05, 3.63) is 54.4 Å². The van der Waals surface area contributed by atoms with Crippen molar-refractivity contribution in [2.24, 2.45) is 5.84 Å². The maximum absolute atomic E-state index is 6.56. The van der Waals surface area contributed by atoms with Crippen molar-refractivity contribution in [1.29, 1.82) is 0 Å². The lowest BCUT2D eigenvalue weighted by molar-refractivity contribution is 0.220. The first-order valence-electron chi connectivity index (χ1n) is 10.2. The van der Waals surface area contributed by atoms with Crippen LogP contribution in [-0.2, 0) is 0 Å². The molecular weight excluding hydrogens is 348 g/mol. The quantitative estimate of drug-likeness (QED) is 0.549. The first-order valence-corrected chi connectivity index (χ1v) is 10.2. The molecule has 2 aliphatic rings. The molecule has 1 fully saturated rings. The summed E-state index contributed by atoms with van der Waals surface area (Å²) >= 11 is 0. The number of nitrogens with two attached hydrogens (primary N) is 2. The number of likely N-dealkylation sites (tertiary alicyclic amines) is 1. The third-order valence-corrected chi connectivity index (χ3v) is 5.18. The minimum absolute atomic E-state index is 0. The highest BCUT2D eigenvalue weighted by Crippen LogP contribution is 2.32. The summed E-state index contributed by atoms with van der Waals surface area (Å²) in [6, 6.07) is 2.22. The van der Waals surface area contributed by atoms with Crippen molar-refractivity contribution in [1.82, 2.24) is 14.9 Å². The summed E-state index contributed by atoms with van der Waals surface area (Å²) in [6.45, 7) is 6.99. The lowest BCUT2D eigenvalue weighted by atomic mass is 10.0. The first-order chi connectivity index (χ1) is 13.7. The van der Waals surface area contributed by atoms with Gasteiger partial charge >= 0.3 is 0 Å². The minimum Gasteiger partial charge on any atom is -0.396 e. The maximum atomic E-state index is 6.56. The summed E-state index contributed by atoms with van der Waals surface area (Å²) in [7, 11) is 0. The second-order valence-electron chi connectivity index (χ2n) is 7.05. The summed E-state index contributed by atoms with van der Waals surface area (Å²) < 4.78 is 0. The van der Waals surface area contributed by atoms with E-state index in [0.717, 1.165) is 55.6 Å². The second-order valence-corrected chi connectivity index (χ2v) is 7.05. The van der Waals surface area contributed by atoms with E-state index in [1.54, 1.807) is 6.20 Å². The Morgan fingerprint density at radius 2 is 2.21 bits per heavy atom. The lowest BCUT2D eigenvalue weighted by Crippen LogP contribution is -2.51. The van der Waals surface area contributed by atoms with Crippen LogP contribution in [0.25, 0.3) is 11.0 Å². The average Bonchev–Trinajstić information content (AvgIpc) is 3.05. The van der Waals surface area contributed by atoms with Crippen molar-refractivity contribution >= 4 is 22.4 Å². The Kier molecular flexibility index (Phi) is 6.90. The fourth-order valence-electron chi connectivity index (χ4n) is 3.87. The van der Waals surface area contributed by atoms with Gasteiger partial charge in [0, 0.05) is 26.1 Å². The van der Waals surface area contributed by atoms with Crippen molar-refractivity contribution in [3.63, 3.8) is 0 Å². The molecule has 6 nitrogen and oxygen atoms in total. The molecule has 0 unspecified atom stereocenters. The predicted molar refractivity (Wildman–Crippen MR) is 121 cm³/mol. The van der Waals surface area contributed by atoms with Crippen LogP contribution in [0.3, 0.4) is 0 Å². The average molecular weight is 383 g/mol. The molecule has 4 rings (SSSR count). The maximum Gasteiger partial charge on any atom is 0.139 e. The van der Waals surface area contributed by atoms with Crippen molar-refractivity contribution < 1.29 is 1.43 Å². The molecule has 0 amide bonds. The van der Waals surface area contributed by atoms with Gasteiger partial charge in [-0.3, -0.25) is 4.90 Å². The van der Waals surface area contributed by atoms with Gasteiger partial charge in [0.05, 0.1) is 23.6 Å². The molecule has 1 aliphatic heterocycles. The summed E-state index contributed by atoms with van der Waals surface area (Å²) in [5.41, 5.74) is 9.88. The van der Waals surface area contributed by atoms with Gasteiger partial charge in [-0.25, -0.2) is 10.8 Å². The molecule has 1 aliphatic carbocycles. The number of allylic oxidation sites excluding steroid dienone is 4. The van der Waals surface area contributed by atoms with Crippen LogP contribution in [0, 0.1) is 0 Å². The zero-order valence-electron chi connectivity index (χ0n) is 16.9. The number of nitrogens with zero attached hydrogens (tertiary/aromatic N) is 3. The summed E-state index contributed by atoms with van der Waals surface area (Å²) in [6.07, 6.45) is 17.7. The van der Waals surface area contributed by atoms with Gasteiger partial charge in [0.25, 0.3) is 0 Å². The highest BCUT2D eigenvalue weighted by atomic mass is 15.4. The number of piperidine rings is 1. The Morgan fingerprint density at radius 1 is 1.36 bits per heavy atom. The van der Waals surface area contributed by atoms with Gasteiger partial charge in [-0.15, -0.1) is 0 Å². The molecule has 2 aromatic heterocycles. The third-order valence-electron chi connectivity index (χ3n) is 5.18. The van der Waals surface area contributed by atoms with Crippen LogP contribution in [0.2, 0.25) is 0 Å². The molecule has 1 saturated heterocycles. The van der Waals surface area contributed by atoms with E-state index in [0.29, 0.717) is 5.69 Å². The molecule has 152 valence electrons. The zero-order chi connectivity index (χ0) is 19.9. The Bertz CT molecular complexity index is 869. The summed E-state index contributed by atoms with van der Waals surface area (Å²) in [5.74, 6) is 6.56. The van der Waals surface area contributed by atoms with Crippen LogP contribution < -0.4 is 16.6 Å². The number of anilines is 2. The first kappa shape index (κ1) is 20.2. The predicted octanol–water partition coefficient (Wildman–Crippen LogP) is 4.00. The van der Waals surface area contributed by atoms with E-state index in [1.165, 1.54) is 5.57 Å². The third kappa shape index (κ3) is 4.46. The monoisotopic (exact) mass is 382 g/mol. The fourth-order valence-corrected chi connectivity index (χ4v) is 3.87. The summed E-state index contributed by atoms with van der Waals surface area (Å²) in [4.78, 5) is 9.95. The number of hydrogen-bond acceptors (Lipinski definition) is 5. The van der Waals surface area contributed by atoms with Crippen LogP contribution in [0.15, 0.2) is 54.4 Å². The minimum atomic E-state index is 0. The van der Waals surface area contributed by atoms with Crippen LogP contribution in [-0.4, -0.2) is 40.5 Å². The van der Waals surface area contributed by atoms with E-state index in [2.05, 4.69) is 45.2 Å². The molecule has 0 spiro atoms. The van der Waals surface area contributed by atoms with Crippen molar-refractivity contribution in [2.75, 3.05) is 30.4 Å². The largest absolute Gasteiger partial charge is 0.396 e. The molecular formula is C22H34N6. The van der Waals surface area contributed by atoms with E-state index in [9.17, 15) is 0 Å². The van der Waals surface area contributed by atoms with Gasteiger partial charge in [0.1, 0.15) is 5.65 Å². The van der Waals surface area contributed by atoms with Gasteiger partial charge in [0.15, 0.2) is 0 Å². The van der Waals surface area contributed by atoms with Gasteiger partial charge < -0.3 is 15.7 Å². The zero-order valence-corrected chi connectivity index (χ0v) is 16.9. The molecule has 5 N–H and O–H groups in total. The van der Waals surface area contributed by atoms with E-state index in [4.69, 9.17) is 11.6 Å². The number of rotatable bonds is 4. The molecule has 0 bridgehead atoms. The SMILES string of the molecule is CC.Nc1cnc2[nH]ccc2c1N(N)[C@@H]1CCCN(CC2=CC=CCC=C2)C1.[HH]. The Balaban J connectivity index is 0.000000970. The Morgan fingerprint density at radius 3 is 3.07 bits per heavy atom. The van der Waals surface area contributed by atoms with Crippen LogP contribution in [0.5, 0.6) is 0 Å². The number of nitrogen functional groups attached to an aromatic ring is 1. The van der Waals surface area contributed by atoms with Gasteiger partial charge in [-0.05, 0) is 37.4 Å². The molecule has 28 heavy (non-hydrogen) atoms. The number of H-pyrrole nitrogens is 1. The lowest BCUT2D eigenvalue weighted by Gasteiger charge is -2.38. The summed E-state index contributed by atoms with van der Waals surface area (Å²) in [5, 5.41) is 2.83. The molecule has 0 radical (unpaired) electrons.